The zero-order valence-corrected chi connectivity index (χ0v) is 9.53. The third-order valence-electron chi connectivity index (χ3n) is 2.20. The van der Waals surface area contributed by atoms with Gasteiger partial charge < -0.3 is 9.73 Å². The molecule has 0 aliphatic rings. The molecule has 1 N–H and O–H groups in total. The minimum Gasteiger partial charge on any atom is -0.461 e. The Kier molecular flexibility index (Phi) is 3.31. The highest BCUT2D eigenvalue weighted by Crippen LogP contribution is 2.15. The van der Waals surface area contributed by atoms with Gasteiger partial charge in [-0.1, -0.05) is 6.92 Å². The average Bonchev–Trinajstić information content (AvgIpc) is 2.79. The first kappa shape index (κ1) is 10.8. The maximum Gasteiger partial charge on any atom is 0.196 e. The molecule has 0 atom stereocenters. The van der Waals surface area contributed by atoms with Crippen LogP contribution in [-0.4, -0.2) is 16.5 Å². The van der Waals surface area contributed by atoms with E-state index in [1.54, 1.807) is 6.26 Å². The molecular weight excluding hydrogens is 202 g/mol. The van der Waals surface area contributed by atoms with E-state index < -0.39 is 0 Å². The summed E-state index contributed by atoms with van der Waals surface area (Å²) in [5.74, 6) is 1.36. The van der Waals surface area contributed by atoms with Crippen LogP contribution in [0.3, 0.4) is 0 Å². The molecule has 84 valence electrons. The van der Waals surface area contributed by atoms with Crippen molar-refractivity contribution in [2.45, 2.75) is 20.4 Å². The van der Waals surface area contributed by atoms with Gasteiger partial charge in [-0.3, -0.25) is 0 Å². The van der Waals surface area contributed by atoms with Gasteiger partial charge in [-0.05, 0) is 31.7 Å². The zero-order chi connectivity index (χ0) is 11.4. The fourth-order valence-electron chi connectivity index (χ4n) is 1.49. The molecule has 4 nitrogen and oxygen atoms in total. The molecule has 0 bridgehead atoms. The molecule has 0 amide bonds. The Bertz CT molecular complexity index is 451. The normalized spacial score (nSPS) is 10.6. The lowest BCUT2D eigenvalue weighted by Gasteiger charge is -2.04. The van der Waals surface area contributed by atoms with Gasteiger partial charge in [0.15, 0.2) is 11.6 Å². The predicted molar refractivity (Wildman–Crippen MR) is 61.9 cm³/mol. The van der Waals surface area contributed by atoms with E-state index in [0.717, 1.165) is 24.5 Å². The summed E-state index contributed by atoms with van der Waals surface area (Å²) in [5.41, 5.74) is 1.94. The lowest BCUT2D eigenvalue weighted by atomic mass is 10.3. The van der Waals surface area contributed by atoms with E-state index in [-0.39, 0.29) is 0 Å². The highest BCUT2D eigenvalue weighted by molar-refractivity contribution is 5.46. The Labute approximate surface area is 94.7 Å². The van der Waals surface area contributed by atoms with Gasteiger partial charge in [0.2, 0.25) is 0 Å². The predicted octanol–water partition coefficient (Wildman–Crippen LogP) is 2.15. The molecule has 0 saturated heterocycles. The van der Waals surface area contributed by atoms with Crippen LogP contribution in [0.4, 0.5) is 0 Å². The minimum absolute atomic E-state index is 0.651. The second kappa shape index (κ2) is 4.90. The Morgan fingerprint density at radius 1 is 1.38 bits per heavy atom. The maximum atomic E-state index is 5.29. The monoisotopic (exact) mass is 217 g/mol. The molecule has 2 heterocycles. The second-order valence-corrected chi connectivity index (χ2v) is 3.58. The molecule has 0 saturated carbocycles. The van der Waals surface area contributed by atoms with Gasteiger partial charge in [-0.25, -0.2) is 9.97 Å². The first-order valence-electron chi connectivity index (χ1n) is 5.38. The molecule has 0 radical (unpaired) electrons. The minimum atomic E-state index is 0.651. The van der Waals surface area contributed by atoms with Gasteiger partial charge in [0.25, 0.3) is 0 Å². The van der Waals surface area contributed by atoms with Crippen LogP contribution in [-0.2, 0) is 6.54 Å². The molecule has 0 spiro atoms. The molecule has 0 aromatic carbocycles. The molecule has 0 fully saturated rings. The first-order valence-corrected chi connectivity index (χ1v) is 5.38. The van der Waals surface area contributed by atoms with Crippen LogP contribution < -0.4 is 5.32 Å². The first-order chi connectivity index (χ1) is 7.79. The van der Waals surface area contributed by atoms with Gasteiger partial charge in [-0.2, -0.15) is 0 Å². The van der Waals surface area contributed by atoms with Crippen molar-refractivity contribution in [3.63, 3.8) is 0 Å². The average molecular weight is 217 g/mol. The van der Waals surface area contributed by atoms with Gasteiger partial charge >= 0.3 is 0 Å². The van der Waals surface area contributed by atoms with Gasteiger partial charge in [0.1, 0.15) is 0 Å². The van der Waals surface area contributed by atoms with Crippen molar-refractivity contribution in [3.8, 4) is 11.6 Å². The summed E-state index contributed by atoms with van der Waals surface area (Å²) < 4.78 is 5.29. The molecule has 4 heteroatoms. The fourth-order valence-corrected chi connectivity index (χ4v) is 1.49. The van der Waals surface area contributed by atoms with Crippen molar-refractivity contribution in [1.82, 2.24) is 15.3 Å². The standard InChI is InChI=1S/C12H15N3O/c1-3-13-8-10-7-9(2)14-12(15-10)11-5-4-6-16-11/h4-7,13H,3,8H2,1-2H3. The number of rotatable bonds is 4. The van der Waals surface area contributed by atoms with Gasteiger partial charge in [-0.15, -0.1) is 0 Å². The lowest BCUT2D eigenvalue weighted by molar-refractivity contribution is 0.575. The van der Waals surface area contributed by atoms with Gasteiger partial charge in [0.05, 0.1) is 12.0 Å². The molecule has 0 aliphatic carbocycles. The summed E-state index contributed by atoms with van der Waals surface area (Å²) in [5, 5.41) is 3.24. The third kappa shape index (κ3) is 2.46. The van der Waals surface area contributed by atoms with Crippen molar-refractivity contribution in [3.05, 3.63) is 35.9 Å². The quantitative estimate of drug-likeness (QED) is 0.852. The maximum absolute atomic E-state index is 5.29. The Hall–Kier alpha value is -1.68. The largest absolute Gasteiger partial charge is 0.461 e. The summed E-state index contributed by atoms with van der Waals surface area (Å²) in [7, 11) is 0. The lowest BCUT2D eigenvalue weighted by Crippen LogP contribution is -2.13. The molecule has 16 heavy (non-hydrogen) atoms. The molecule has 2 aromatic heterocycles. The summed E-state index contributed by atoms with van der Waals surface area (Å²) >= 11 is 0. The number of nitrogens with one attached hydrogen (secondary N) is 1. The highest BCUT2D eigenvalue weighted by Gasteiger charge is 2.06. The number of hydrogen-bond acceptors (Lipinski definition) is 4. The Morgan fingerprint density at radius 3 is 2.94 bits per heavy atom. The van der Waals surface area contributed by atoms with Crippen molar-refractivity contribution < 1.29 is 4.42 Å². The van der Waals surface area contributed by atoms with E-state index >= 15 is 0 Å². The summed E-state index contributed by atoms with van der Waals surface area (Å²) in [4.78, 5) is 8.80. The van der Waals surface area contributed by atoms with Crippen LogP contribution in [0.2, 0.25) is 0 Å². The summed E-state index contributed by atoms with van der Waals surface area (Å²) in [6.45, 7) is 5.72. The fraction of sp³-hybridized carbons (Fsp3) is 0.333. The Balaban J connectivity index is 2.29. The van der Waals surface area contributed by atoms with Crippen LogP contribution in [0.15, 0.2) is 28.9 Å². The van der Waals surface area contributed by atoms with Crippen molar-refractivity contribution >= 4 is 0 Å². The number of hydrogen-bond donors (Lipinski definition) is 1. The van der Waals surface area contributed by atoms with Crippen LogP contribution >= 0.6 is 0 Å². The molecular formula is C12H15N3O. The number of aryl methyl sites for hydroxylation is 1. The van der Waals surface area contributed by atoms with Crippen LogP contribution in [0.1, 0.15) is 18.3 Å². The van der Waals surface area contributed by atoms with Crippen molar-refractivity contribution in [1.29, 1.82) is 0 Å². The van der Waals surface area contributed by atoms with E-state index in [2.05, 4.69) is 22.2 Å². The summed E-state index contributed by atoms with van der Waals surface area (Å²) in [6, 6.07) is 5.69. The van der Waals surface area contributed by atoms with E-state index in [9.17, 15) is 0 Å². The number of nitrogens with zero attached hydrogens (tertiary/aromatic N) is 2. The molecule has 2 rings (SSSR count). The topological polar surface area (TPSA) is 51.0 Å². The van der Waals surface area contributed by atoms with E-state index in [1.807, 2.05) is 25.1 Å². The van der Waals surface area contributed by atoms with Crippen LogP contribution in [0, 0.1) is 6.92 Å². The van der Waals surface area contributed by atoms with Gasteiger partial charge in [0, 0.05) is 12.2 Å². The van der Waals surface area contributed by atoms with E-state index in [4.69, 9.17) is 4.42 Å². The summed E-state index contributed by atoms with van der Waals surface area (Å²) in [6.07, 6.45) is 1.63. The third-order valence-corrected chi connectivity index (χ3v) is 2.20. The van der Waals surface area contributed by atoms with E-state index in [0.29, 0.717) is 11.6 Å². The second-order valence-electron chi connectivity index (χ2n) is 3.58. The number of aromatic nitrogens is 2. The smallest absolute Gasteiger partial charge is 0.196 e. The molecule has 0 aliphatic heterocycles. The highest BCUT2D eigenvalue weighted by atomic mass is 16.3. The molecule has 0 unspecified atom stereocenters. The van der Waals surface area contributed by atoms with Crippen molar-refractivity contribution in [2.75, 3.05) is 6.54 Å². The number of furan rings is 1. The van der Waals surface area contributed by atoms with E-state index in [1.165, 1.54) is 0 Å². The van der Waals surface area contributed by atoms with Crippen LogP contribution in [0.5, 0.6) is 0 Å². The zero-order valence-electron chi connectivity index (χ0n) is 9.53. The Morgan fingerprint density at radius 2 is 2.25 bits per heavy atom. The van der Waals surface area contributed by atoms with Crippen LogP contribution in [0.25, 0.3) is 11.6 Å². The SMILES string of the molecule is CCNCc1cc(C)nc(-c2ccco2)n1. The molecule has 2 aromatic rings. The van der Waals surface area contributed by atoms with Crippen molar-refractivity contribution in [2.24, 2.45) is 0 Å².